The number of hydrogen-bond acceptors (Lipinski definition) is 2. The zero-order valence-electron chi connectivity index (χ0n) is 12.1. The van der Waals surface area contributed by atoms with Gasteiger partial charge in [-0.25, -0.2) is 0 Å². The van der Waals surface area contributed by atoms with Crippen LogP contribution >= 0.6 is 11.9 Å². The molecule has 16 heavy (non-hydrogen) atoms. The highest BCUT2D eigenvalue weighted by atomic mass is 32.2. The van der Waals surface area contributed by atoms with Gasteiger partial charge in [-0.3, -0.25) is 3.64 Å². The van der Waals surface area contributed by atoms with Gasteiger partial charge in [-0.2, -0.15) is 0 Å². The van der Waals surface area contributed by atoms with Crippen LogP contribution < -0.4 is 0 Å². The van der Waals surface area contributed by atoms with Crippen LogP contribution in [-0.2, 0) is 0 Å². The van der Waals surface area contributed by atoms with Crippen molar-refractivity contribution >= 4 is 28.4 Å². The van der Waals surface area contributed by atoms with Gasteiger partial charge in [0, 0.05) is 0 Å². The molecular weight excluding hydrogens is 246 g/mol. The quantitative estimate of drug-likeness (QED) is 0.352. The van der Waals surface area contributed by atoms with Crippen molar-refractivity contribution in [2.24, 2.45) is 0 Å². The zero-order chi connectivity index (χ0) is 12.8. The molecule has 0 aromatic rings. The third-order valence-corrected chi connectivity index (χ3v) is 13.1. The number of nitrogens with zero attached hydrogens (tertiary/aromatic N) is 1. The van der Waals surface area contributed by atoms with E-state index < -0.39 is 16.5 Å². The minimum Gasteiger partial charge on any atom is -0.289 e. The molecular formula is C12H29NSSi2. The highest BCUT2D eigenvalue weighted by molar-refractivity contribution is 8.02. The Morgan fingerprint density at radius 1 is 1.00 bits per heavy atom. The van der Waals surface area contributed by atoms with E-state index in [1.165, 1.54) is 19.3 Å². The van der Waals surface area contributed by atoms with Crippen molar-refractivity contribution in [3.05, 3.63) is 11.5 Å². The molecule has 0 aromatic heterocycles. The summed E-state index contributed by atoms with van der Waals surface area (Å²) in [6.45, 7) is 16.9. The molecule has 0 amide bonds. The maximum Gasteiger partial charge on any atom is 0.123 e. The molecule has 0 N–H and O–H groups in total. The Balaban J connectivity index is 4.31. The number of unbranched alkanes of at least 4 members (excludes halogenated alkanes) is 2. The van der Waals surface area contributed by atoms with Gasteiger partial charge in [-0.05, 0) is 11.8 Å². The Labute approximate surface area is 109 Å². The first-order valence-corrected chi connectivity index (χ1v) is 14.0. The summed E-state index contributed by atoms with van der Waals surface area (Å²) >= 11 is 1.96. The lowest BCUT2D eigenvalue weighted by Crippen LogP contribution is -2.54. The minimum absolute atomic E-state index is 1.18. The summed E-state index contributed by atoms with van der Waals surface area (Å²) < 4.78 is 2.74. The fourth-order valence-corrected chi connectivity index (χ4v) is 13.1. The van der Waals surface area contributed by atoms with Gasteiger partial charge in [0.25, 0.3) is 0 Å². The molecule has 0 bridgehead atoms. The molecule has 0 heterocycles. The number of allylic oxidation sites excluding steroid dienone is 1. The van der Waals surface area contributed by atoms with E-state index >= 15 is 0 Å². The van der Waals surface area contributed by atoms with Gasteiger partial charge in [-0.15, -0.1) is 0 Å². The minimum atomic E-state index is -1.18. The third kappa shape index (κ3) is 6.94. The van der Waals surface area contributed by atoms with Crippen LogP contribution in [0.1, 0.15) is 26.2 Å². The van der Waals surface area contributed by atoms with Crippen LogP contribution in [0.25, 0.3) is 0 Å². The van der Waals surface area contributed by atoms with Gasteiger partial charge in [0.05, 0.1) is 0 Å². The molecule has 0 saturated heterocycles. The van der Waals surface area contributed by atoms with Crippen molar-refractivity contribution in [1.29, 1.82) is 0 Å². The molecule has 96 valence electrons. The number of rotatable bonds is 7. The molecule has 0 aromatic carbocycles. The molecule has 1 nitrogen and oxygen atoms in total. The molecule has 0 radical (unpaired) electrons. The number of hydrogen-bond donors (Lipinski definition) is 0. The van der Waals surface area contributed by atoms with Crippen LogP contribution in [0, 0.1) is 0 Å². The molecule has 4 heteroatoms. The third-order valence-electron chi connectivity index (χ3n) is 2.21. The van der Waals surface area contributed by atoms with E-state index in [-0.39, 0.29) is 0 Å². The van der Waals surface area contributed by atoms with Crippen LogP contribution in [0.2, 0.25) is 39.3 Å². The molecule has 0 fully saturated rings. The predicted octanol–water partition coefficient (Wildman–Crippen LogP) is 5.31. The standard InChI is InChI=1S/C12H29NSSi2/c1-8-9-10-11-12-14-13(15(2,3)4)16(5,6)7/h11-12H,8-10H2,1-7H3/b12-11+. The summed E-state index contributed by atoms with van der Waals surface area (Å²) in [5.74, 6) is 0. The Kier molecular flexibility index (Phi) is 7.25. The smallest absolute Gasteiger partial charge is 0.123 e. The fourth-order valence-electron chi connectivity index (χ4n) is 1.82. The Hall–Kier alpha value is 0.484. The van der Waals surface area contributed by atoms with E-state index in [4.69, 9.17) is 0 Å². The first-order chi connectivity index (χ1) is 7.19. The highest BCUT2D eigenvalue weighted by Gasteiger charge is 2.34. The van der Waals surface area contributed by atoms with Crippen molar-refractivity contribution in [3.63, 3.8) is 0 Å². The lowest BCUT2D eigenvalue weighted by molar-refractivity contribution is 0.815. The van der Waals surface area contributed by atoms with Crippen molar-refractivity contribution < 1.29 is 0 Å². The van der Waals surface area contributed by atoms with Crippen LogP contribution in [0.15, 0.2) is 11.5 Å². The second-order valence-corrected chi connectivity index (χ2v) is 17.8. The summed E-state index contributed by atoms with van der Waals surface area (Å²) in [4.78, 5) is 0. The molecule has 0 saturated carbocycles. The molecule has 0 aliphatic heterocycles. The first-order valence-electron chi connectivity index (χ1n) is 6.31. The highest BCUT2D eigenvalue weighted by Crippen LogP contribution is 2.29. The normalized spacial score (nSPS) is 14.0. The van der Waals surface area contributed by atoms with Gasteiger partial charge in [0.15, 0.2) is 0 Å². The summed E-state index contributed by atoms with van der Waals surface area (Å²) in [5.41, 5.74) is 0. The van der Waals surface area contributed by atoms with Crippen molar-refractivity contribution in [2.45, 2.75) is 65.5 Å². The maximum absolute atomic E-state index is 2.74. The fraction of sp³-hybridized carbons (Fsp3) is 0.833. The Bertz CT molecular complexity index is 202. The van der Waals surface area contributed by atoms with Crippen LogP contribution in [0.3, 0.4) is 0 Å². The van der Waals surface area contributed by atoms with E-state index in [1.807, 2.05) is 11.9 Å². The van der Waals surface area contributed by atoms with E-state index in [9.17, 15) is 0 Å². The second-order valence-electron chi connectivity index (χ2n) is 6.26. The van der Waals surface area contributed by atoms with Gasteiger partial charge in [0.2, 0.25) is 0 Å². The largest absolute Gasteiger partial charge is 0.289 e. The zero-order valence-corrected chi connectivity index (χ0v) is 14.9. The van der Waals surface area contributed by atoms with E-state index in [0.29, 0.717) is 0 Å². The van der Waals surface area contributed by atoms with Crippen LogP contribution in [0.4, 0.5) is 0 Å². The molecule has 0 aliphatic rings. The molecule has 0 atom stereocenters. The summed E-state index contributed by atoms with van der Waals surface area (Å²) in [7, 11) is -2.37. The van der Waals surface area contributed by atoms with Crippen molar-refractivity contribution in [2.75, 3.05) is 0 Å². The SMILES string of the molecule is CCCC/C=C/SN([Si](C)(C)C)[Si](C)(C)C. The lowest BCUT2D eigenvalue weighted by atomic mass is 10.2. The van der Waals surface area contributed by atoms with Gasteiger partial charge in [0.1, 0.15) is 16.5 Å². The van der Waals surface area contributed by atoms with E-state index in [0.717, 1.165) is 0 Å². The van der Waals surface area contributed by atoms with Crippen molar-refractivity contribution in [3.8, 4) is 0 Å². The Morgan fingerprint density at radius 3 is 1.88 bits per heavy atom. The van der Waals surface area contributed by atoms with Gasteiger partial charge < -0.3 is 0 Å². The maximum atomic E-state index is 2.74. The monoisotopic (exact) mass is 275 g/mol. The van der Waals surface area contributed by atoms with Crippen LogP contribution in [0.5, 0.6) is 0 Å². The summed E-state index contributed by atoms with van der Waals surface area (Å²) in [6, 6.07) is 0. The molecule has 0 unspecified atom stereocenters. The van der Waals surface area contributed by atoms with Crippen LogP contribution in [-0.4, -0.2) is 20.1 Å². The lowest BCUT2D eigenvalue weighted by Gasteiger charge is -2.41. The summed E-state index contributed by atoms with van der Waals surface area (Å²) in [5, 5.41) is 2.31. The second kappa shape index (κ2) is 7.04. The first kappa shape index (κ1) is 16.5. The Morgan fingerprint density at radius 2 is 1.50 bits per heavy atom. The molecule has 0 aliphatic carbocycles. The van der Waals surface area contributed by atoms with E-state index in [1.54, 1.807) is 0 Å². The van der Waals surface area contributed by atoms with Gasteiger partial charge in [-0.1, -0.05) is 77.1 Å². The predicted molar refractivity (Wildman–Crippen MR) is 84.8 cm³/mol. The molecule has 0 spiro atoms. The average Bonchev–Trinajstić information content (AvgIpc) is 2.06. The topological polar surface area (TPSA) is 3.24 Å². The average molecular weight is 276 g/mol. The van der Waals surface area contributed by atoms with Gasteiger partial charge >= 0.3 is 0 Å². The van der Waals surface area contributed by atoms with Crippen molar-refractivity contribution in [1.82, 2.24) is 3.64 Å². The van der Waals surface area contributed by atoms with E-state index in [2.05, 4.69) is 61.3 Å². The summed E-state index contributed by atoms with van der Waals surface area (Å²) in [6.07, 6.45) is 6.17. The molecule has 0 rings (SSSR count).